The van der Waals surface area contributed by atoms with Crippen LogP contribution in [-0.2, 0) is 11.3 Å². The number of aromatic nitrogens is 1. The number of carbonyl (C=O) groups excluding carboxylic acids is 2. The van der Waals surface area contributed by atoms with Crippen molar-refractivity contribution < 1.29 is 27.8 Å². The van der Waals surface area contributed by atoms with E-state index in [2.05, 4.69) is 11.9 Å². The maximum Gasteiger partial charge on any atom is 0.275 e. The van der Waals surface area contributed by atoms with Crippen molar-refractivity contribution in [2.75, 3.05) is 26.9 Å². The van der Waals surface area contributed by atoms with Crippen molar-refractivity contribution in [3.8, 4) is 5.75 Å². The average Bonchev–Trinajstić information content (AvgIpc) is 2.84. The van der Waals surface area contributed by atoms with Crippen LogP contribution in [0.15, 0.2) is 35.8 Å². The zero-order valence-corrected chi connectivity index (χ0v) is 20.0. The van der Waals surface area contributed by atoms with Crippen LogP contribution in [0, 0.1) is 11.6 Å². The highest BCUT2D eigenvalue weighted by Crippen LogP contribution is 2.42. The number of nitrogens with one attached hydrogen (secondary N) is 1. The van der Waals surface area contributed by atoms with Gasteiger partial charge in [-0.3, -0.25) is 14.4 Å². The van der Waals surface area contributed by atoms with Gasteiger partial charge in [0.1, 0.15) is 22.2 Å². The lowest BCUT2D eigenvalue weighted by Gasteiger charge is -2.53. The lowest BCUT2D eigenvalue weighted by atomic mass is 9.82. The second kappa shape index (κ2) is 9.43. The number of fused-ring (bicyclic) bond motifs is 3. The summed E-state index contributed by atoms with van der Waals surface area (Å²) in [6.45, 7) is 6.28. The minimum absolute atomic E-state index is 0.0141. The van der Waals surface area contributed by atoms with E-state index in [4.69, 9.17) is 21.1 Å². The molecule has 2 aliphatic heterocycles. The number of carbonyl (C=O) groups is 2. The monoisotopic (exact) mass is 507 g/mol. The highest BCUT2D eigenvalue weighted by atomic mass is 35.5. The van der Waals surface area contributed by atoms with Crippen molar-refractivity contribution in [2.24, 2.45) is 0 Å². The Morgan fingerprint density at radius 2 is 2.14 bits per heavy atom. The van der Waals surface area contributed by atoms with E-state index >= 15 is 0 Å². The number of ether oxygens (including phenoxy) is 2. The molecule has 2 atom stereocenters. The van der Waals surface area contributed by atoms with Gasteiger partial charge in [-0.2, -0.15) is 0 Å². The maximum atomic E-state index is 14.2. The van der Waals surface area contributed by atoms with E-state index in [0.717, 1.165) is 12.1 Å². The number of benzene rings is 1. The van der Waals surface area contributed by atoms with Gasteiger partial charge in [-0.05, 0) is 19.4 Å². The molecule has 1 aromatic heterocycles. The SMILES string of the molecule is C=CCN1C(=O)c2c(OC)c(=O)c(C(=O)NCc3ccc(F)c(Cl)c3F)cn2[C@H]2COCC[C@]21C. The van der Waals surface area contributed by atoms with E-state index in [-0.39, 0.29) is 42.3 Å². The molecule has 0 radical (unpaired) electrons. The molecule has 1 N–H and O–H groups in total. The molecular weight excluding hydrogens is 484 g/mol. The van der Waals surface area contributed by atoms with Crippen LogP contribution in [-0.4, -0.2) is 53.7 Å². The standard InChI is InChI=1S/C24H24ClF2N3O5/c1-4-8-30-23(33)19-21(34-3)20(31)14(11-29(19)16-12-35-9-7-24(16,30)2)22(32)28-10-13-5-6-15(26)17(25)18(13)27/h4-6,11,16H,1,7-10,12H2,2-3H3,(H,28,32)/t16-,24+/m0/s1. The average molecular weight is 508 g/mol. The summed E-state index contributed by atoms with van der Waals surface area (Å²) in [6.07, 6.45) is 3.46. The van der Waals surface area contributed by atoms with Crippen molar-refractivity contribution in [1.82, 2.24) is 14.8 Å². The molecule has 8 nitrogen and oxygen atoms in total. The third-order valence-electron chi connectivity index (χ3n) is 6.65. The number of pyridine rings is 1. The quantitative estimate of drug-likeness (QED) is 0.479. The molecule has 4 rings (SSSR count). The minimum Gasteiger partial charge on any atom is -0.491 e. The third-order valence-corrected chi connectivity index (χ3v) is 7.00. The summed E-state index contributed by atoms with van der Waals surface area (Å²) < 4.78 is 40.2. The lowest BCUT2D eigenvalue weighted by molar-refractivity contribution is -0.0573. The van der Waals surface area contributed by atoms with Gasteiger partial charge in [-0.25, -0.2) is 8.78 Å². The third kappa shape index (κ3) is 4.00. The van der Waals surface area contributed by atoms with E-state index in [9.17, 15) is 23.2 Å². The fourth-order valence-corrected chi connectivity index (χ4v) is 4.87. The van der Waals surface area contributed by atoms with Gasteiger partial charge in [0.05, 0.1) is 25.3 Å². The normalized spacial score (nSPS) is 21.2. The second-order valence-corrected chi connectivity index (χ2v) is 8.96. The molecular formula is C24H24ClF2N3O5. The van der Waals surface area contributed by atoms with Gasteiger partial charge in [0.2, 0.25) is 5.43 Å². The Bertz CT molecular complexity index is 1280. The van der Waals surface area contributed by atoms with Crippen LogP contribution in [0.2, 0.25) is 5.02 Å². The molecule has 186 valence electrons. The number of amides is 2. The topological polar surface area (TPSA) is 89.9 Å². The number of nitrogens with zero attached hydrogens (tertiary/aromatic N) is 2. The first-order valence-corrected chi connectivity index (χ1v) is 11.3. The molecule has 0 aliphatic carbocycles. The molecule has 2 amide bonds. The predicted molar refractivity (Wildman–Crippen MR) is 124 cm³/mol. The van der Waals surface area contributed by atoms with Gasteiger partial charge in [-0.1, -0.05) is 23.7 Å². The summed E-state index contributed by atoms with van der Waals surface area (Å²) in [7, 11) is 1.24. The number of rotatable bonds is 6. The van der Waals surface area contributed by atoms with Gasteiger partial charge < -0.3 is 24.3 Å². The Morgan fingerprint density at radius 1 is 1.40 bits per heavy atom. The van der Waals surface area contributed by atoms with E-state index in [1.807, 2.05) is 6.92 Å². The van der Waals surface area contributed by atoms with Crippen molar-refractivity contribution in [3.05, 3.63) is 74.7 Å². The summed E-state index contributed by atoms with van der Waals surface area (Å²) in [5.41, 5.74) is -1.78. The van der Waals surface area contributed by atoms with E-state index < -0.39 is 45.5 Å². The van der Waals surface area contributed by atoms with Gasteiger partial charge in [-0.15, -0.1) is 6.58 Å². The highest BCUT2D eigenvalue weighted by Gasteiger charge is 2.51. The molecule has 3 heterocycles. The molecule has 1 saturated heterocycles. The molecule has 1 aromatic carbocycles. The van der Waals surface area contributed by atoms with Crippen LogP contribution < -0.4 is 15.5 Å². The zero-order chi connectivity index (χ0) is 25.5. The molecule has 2 aromatic rings. The molecule has 0 bridgehead atoms. The minimum atomic E-state index is -1.00. The first-order valence-electron chi connectivity index (χ1n) is 10.9. The van der Waals surface area contributed by atoms with Crippen molar-refractivity contribution in [2.45, 2.75) is 31.5 Å². The van der Waals surface area contributed by atoms with E-state index in [1.165, 1.54) is 13.3 Å². The van der Waals surface area contributed by atoms with Gasteiger partial charge in [0, 0.05) is 31.5 Å². The van der Waals surface area contributed by atoms with Crippen molar-refractivity contribution in [1.29, 1.82) is 0 Å². The summed E-state index contributed by atoms with van der Waals surface area (Å²) in [5, 5.41) is 1.77. The number of methoxy groups -OCH3 is 1. The number of hydrogen-bond acceptors (Lipinski definition) is 5. The van der Waals surface area contributed by atoms with Gasteiger partial charge in [0.25, 0.3) is 11.8 Å². The molecule has 1 fully saturated rings. The number of hydrogen-bond donors (Lipinski definition) is 1. The molecule has 0 unspecified atom stereocenters. The summed E-state index contributed by atoms with van der Waals surface area (Å²) in [6, 6.07) is 1.72. The number of halogens is 3. The Morgan fingerprint density at radius 3 is 2.83 bits per heavy atom. The predicted octanol–water partition coefficient (Wildman–Crippen LogP) is 3.08. The summed E-state index contributed by atoms with van der Waals surface area (Å²) in [5.74, 6) is -3.45. The van der Waals surface area contributed by atoms with E-state index in [1.54, 1.807) is 15.5 Å². The summed E-state index contributed by atoms with van der Waals surface area (Å²) in [4.78, 5) is 41.3. The Labute approximate surface area is 205 Å². The molecule has 0 saturated carbocycles. The van der Waals surface area contributed by atoms with Gasteiger partial charge >= 0.3 is 0 Å². The Kier molecular flexibility index (Phi) is 6.70. The van der Waals surface area contributed by atoms with Crippen LogP contribution in [0.1, 0.15) is 45.8 Å². The highest BCUT2D eigenvalue weighted by molar-refractivity contribution is 6.30. The van der Waals surface area contributed by atoms with Crippen LogP contribution in [0.25, 0.3) is 0 Å². The molecule has 2 aliphatic rings. The second-order valence-electron chi connectivity index (χ2n) is 8.58. The van der Waals surface area contributed by atoms with Crippen LogP contribution in [0.4, 0.5) is 8.78 Å². The maximum absolute atomic E-state index is 14.2. The van der Waals surface area contributed by atoms with Crippen molar-refractivity contribution in [3.63, 3.8) is 0 Å². The Balaban J connectivity index is 1.76. The van der Waals surface area contributed by atoms with E-state index in [0.29, 0.717) is 13.0 Å². The molecule has 11 heteroatoms. The zero-order valence-electron chi connectivity index (χ0n) is 19.2. The van der Waals surface area contributed by atoms with Crippen LogP contribution in [0.5, 0.6) is 5.75 Å². The first-order chi connectivity index (χ1) is 16.7. The fraction of sp³-hybridized carbons (Fsp3) is 0.375. The van der Waals surface area contributed by atoms with Crippen LogP contribution >= 0.6 is 11.6 Å². The fourth-order valence-electron chi connectivity index (χ4n) is 4.68. The summed E-state index contributed by atoms with van der Waals surface area (Å²) >= 11 is 5.60. The molecule has 35 heavy (non-hydrogen) atoms. The largest absolute Gasteiger partial charge is 0.491 e. The first kappa shape index (κ1) is 24.9. The van der Waals surface area contributed by atoms with Crippen LogP contribution in [0.3, 0.4) is 0 Å². The Hall–Kier alpha value is -3.24. The van der Waals surface area contributed by atoms with Gasteiger partial charge in [0.15, 0.2) is 11.4 Å². The molecule has 0 spiro atoms. The lowest BCUT2D eigenvalue weighted by Crippen LogP contribution is -2.63. The van der Waals surface area contributed by atoms with Crippen molar-refractivity contribution >= 4 is 23.4 Å². The smallest absolute Gasteiger partial charge is 0.275 e.